The van der Waals surface area contributed by atoms with Crippen molar-refractivity contribution in [2.45, 2.75) is 32.5 Å². The summed E-state index contributed by atoms with van der Waals surface area (Å²) in [6.45, 7) is 3.68. The average molecular weight is 279 g/mol. The fourth-order valence-corrected chi connectivity index (χ4v) is 1.53. The van der Waals surface area contributed by atoms with E-state index in [0.717, 1.165) is 11.1 Å². The number of nitrogens with one attached hydrogen (secondary N) is 2. The maximum atomic E-state index is 11.6. The molecule has 0 bridgehead atoms. The van der Waals surface area contributed by atoms with Crippen molar-refractivity contribution in [3.8, 4) is 0 Å². The van der Waals surface area contributed by atoms with Crippen LogP contribution in [0.25, 0.3) is 0 Å². The number of carbonyl (C=O) groups is 2. The molecule has 0 atom stereocenters. The first-order valence-electron chi connectivity index (χ1n) is 6.37. The summed E-state index contributed by atoms with van der Waals surface area (Å²) < 4.78 is 0. The number of amides is 2. The van der Waals surface area contributed by atoms with Gasteiger partial charge in [-0.05, 0) is 25.0 Å². The molecule has 1 aromatic rings. The van der Waals surface area contributed by atoms with Gasteiger partial charge in [-0.1, -0.05) is 24.3 Å². The largest absolute Gasteiger partial charge is 0.394 e. The number of benzene rings is 1. The minimum atomic E-state index is -0.826. The molecule has 0 aliphatic rings. The zero-order chi connectivity index (χ0) is 15.2. The topological polar surface area (TPSA) is 104 Å². The van der Waals surface area contributed by atoms with Crippen molar-refractivity contribution in [3.05, 3.63) is 35.4 Å². The van der Waals surface area contributed by atoms with Crippen LogP contribution in [0, 0.1) is 0 Å². The quantitative estimate of drug-likeness (QED) is 0.553. The van der Waals surface area contributed by atoms with E-state index in [-0.39, 0.29) is 13.2 Å². The molecular formula is C14H21N3O3. The molecule has 6 heteroatoms. The van der Waals surface area contributed by atoms with Crippen molar-refractivity contribution in [3.63, 3.8) is 0 Å². The molecule has 0 heterocycles. The lowest BCUT2D eigenvalue weighted by Crippen LogP contribution is -2.51. The van der Waals surface area contributed by atoms with Crippen LogP contribution in [0.2, 0.25) is 0 Å². The minimum Gasteiger partial charge on any atom is -0.394 e. The van der Waals surface area contributed by atoms with Crippen LogP contribution >= 0.6 is 0 Å². The Bertz CT molecular complexity index is 486. The molecule has 0 aromatic heterocycles. The predicted octanol–water partition coefficient (Wildman–Crippen LogP) is -0.351. The third-order valence-corrected chi connectivity index (χ3v) is 2.73. The van der Waals surface area contributed by atoms with E-state index in [1.54, 1.807) is 13.8 Å². The molecule has 20 heavy (non-hydrogen) atoms. The second kappa shape index (κ2) is 7.02. The number of carbonyl (C=O) groups excluding carboxylic acids is 2. The molecule has 0 unspecified atom stereocenters. The van der Waals surface area contributed by atoms with E-state index in [1.807, 2.05) is 24.3 Å². The number of aliphatic hydroxyl groups excluding tert-OH is 1. The molecule has 0 saturated carbocycles. The lowest BCUT2D eigenvalue weighted by molar-refractivity contribution is -0.140. The van der Waals surface area contributed by atoms with Crippen LogP contribution < -0.4 is 16.4 Å². The van der Waals surface area contributed by atoms with Crippen LogP contribution in [0.5, 0.6) is 0 Å². The van der Waals surface area contributed by atoms with Crippen molar-refractivity contribution < 1.29 is 14.7 Å². The van der Waals surface area contributed by atoms with E-state index < -0.39 is 17.4 Å². The first-order valence-corrected chi connectivity index (χ1v) is 6.37. The van der Waals surface area contributed by atoms with Crippen molar-refractivity contribution in [1.29, 1.82) is 0 Å². The monoisotopic (exact) mass is 279 g/mol. The van der Waals surface area contributed by atoms with Crippen LogP contribution in [-0.4, -0.2) is 29.1 Å². The zero-order valence-electron chi connectivity index (χ0n) is 11.8. The van der Waals surface area contributed by atoms with Gasteiger partial charge in [-0.15, -0.1) is 0 Å². The van der Waals surface area contributed by atoms with Gasteiger partial charge in [0.1, 0.15) is 0 Å². The Balaban J connectivity index is 2.52. The Morgan fingerprint density at radius 1 is 1.25 bits per heavy atom. The van der Waals surface area contributed by atoms with Gasteiger partial charge in [0.05, 0.1) is 12.1 Å². The van der Waals surface area contributed by atoms with Crippen LogP contribution in [0.4, 0.5) is 0 Å². The molecule has 0 fully saturated rings. The van der Waals surface area contributed by atoms with Gasteiger partial charge in [0.25, 0.3) is 0 Å². The van der Waals surface area contributed by atoms with Gasteiger partial charge in [0.2, 0.25) is 0 Å². The molecule has 5 N–H and O–H groups in total. The lowest BCUT2D eigenvalue weighted by Gasteiger charge is -2.22. The molecule has 2 amide bonds. The van der Waals surface area contributed by atoms with Gasteiger partial charge >= 0.3 is 11.8 Å². The molecule has 1 aromatic carbocycles. The highest BCUT2D eigenvalue weighted by atomic mass is 16.3. The molecular weight excluding hydrogens is 258 g/mol. The van der Waals surface area contributed by atoms with E-state index in [1.165, 1.54) is 0 Å². The maximum absolute atomic E-state index is 11.6. The minimum absolute atomic E-state index is 0.245. The number of hydrogen-bond donors (Lipinski definition) is 4. The molecule has 0 aliphatic heterocycles. The summed E-state index contributed by atoms with van der Waals surface area (Å²) in [6, 6.07) is 7.45. The van der Waals surface area contributed by atoms with E-state index in [2.05, 4.69) is 10.6 Å². The summed E-state index contributed by atoms with van der Waals surface area (Å²) in [7, 11) is 0. The summed E-state index contributed by atoms with van der Waals surface area (Å²) in [5.41, 5.74) is 6.54. The van der Waals surface area contributed by atoms with Crippen molar-refractivity contribution in [2.75, 3.05) is 6.61 Å². The molecule has 0 saturated heterocycles. The van der Waals surface area contributed by atoms with Gasteiger partial charge in [0, 0.05) is 13.1 Å². The second-order valence-corrected chi connectivity index (χ2v) is 5.20. The normalized spacial score (nSPS) is 11.0. The molecule has 110 valence electrons. The van der Waals surface area contributed by atoms with Crippen molar-refractivity contribution in [2.24, 2.45) is 5.73 Å². The van der Waals surface area contributed by atoms with Crippen LogP contribution in [0.3, 0.4) is 0 Å². The Kier molecular flexibility index (Phi) is 5.66. The number of nitrogens with two attached hydrogens (primary N) is 1. The van der Waals surface area contributed by atoms with Gasteiger partial charge in [0.15, 0.2) is 0 Å². The van der Waals surface area contributed by atoms with E-state index in [9.17, 15) is 9.59 Å². The van der Waals surface area contributed by atoms with Gasteiger partial charge in [-0.25, -0.2) is 0 Å². The van der Waals surface area contributed by atoms with Crippen molar-refractivity contribution in [1.82, 2.24) is 10.6 Å². The highest BCUT2D eigenvalue weighted by molar-refractivity contribution is 6.35. The van der Waals surface area contributed by atoms with E-state index >= 15 is 0 Å². The molecule has 1 rings (SSSR count). The van der Waals surface area contributed by atoms with Gasteiger partial charge in [-0.3, -0.25) is 9.59 Å². The lowest BCUT2D eigenvalue weighted by atomic mass is 10.1. The highest BCUT2D eigenvalue weighted by Crippen LogP contribution is 2.04. The van der Waals surface area contributed by atoms with Crippen LogP contribution in [0.1, 0.15) is 25.0 Å². The Labute approximate surface area is 118 Å². The summed E-state index contributed by atoms with van der Waals surface area (Å²) in [6.07, 6.45) is 0. The SMILES string of the molecule is CC(C)(CO)NC(=O)C(=O)NCc1cccc(CN)c1. The Hall–Kier alpha value is -1.92. The fraction of sp³-hybridized carbons (Fsp3) is 0.429. The molecule has 0 spiro atoms. The molecule has 6 nitrogen and oxygen atoms in total. The summed E-state index contributed by atoms with van der Waals surface area (Å²) in [5.74, 6) is -1.50. The van der Waals surface area contributed by atoms with E-state index in [4.69, 9.17) is 10.8 Å². The number of rotatable bonds is 5. The summed E-state index contributed by atoms with van der Waals surface area (Å²) in [5, 5.41) is 14.0. The predicted molar refractivity (Wildman–Crippen MR) is 75.5 cm³/mol. The molecule has 0 aliphatic carbocycles. The molecule has 0 radical (unpaired) electrons. The maximum Gasteiger partial charge on any atom is 0.309 e. The second-order valence-electron chi connectivity index (χ2n) is 5.20. The van der Waals surface area contributed by atoms with Crippen LogP contribution in [-0.2, 0) is 22.7 Å². The fourth-order valence-electron chi connectivity index (χ4n) is 1.53. The first-order chi connectivity index (χ1) is 9.38. The van der Waals surface area contributed by atoms with E-state index in [0.29, 0.717) is 6.54 Å². The first kappa shape index (κ1) is 16.1. The number of aliphatic hydroxyl groups is 1. The summed E-state index contributed by atoms with van der Waals surface area (Å²) >= 11 is 0. The average Bonchev–Trinajstić information content (AvgIpc) is 2.44. The van der Waals surface area contributed by atoms with Crippen molar-refractivity contribution >= 4 is 11.8 Å². The zero-order valence-corrected chi connectivity index (χ0v) is 11.8. The number of hydrogen-bond acceptors (Lipinski definition) is 4. The smallest absolute Gasteiger partial charge is 0.309 e. The summed E-state index contributed by atoms with van der Waals surface area (Å²) in [4.78, 5) is 23.2. The van der Waals surface area contributed by atoms with Gasteiger partial charge < -0.3 is 21.5 Å². The van der Waals surface area contributed by atoms with Crippen LogP contribution in [0.15, 0.2) is 24.3 Å². The highest BCUT2D eigenvalue weighted by Gasteiger charge is 2.23. The van der Waals surface area contributed by atoms with Gasteiger partial charge in [-0.2, -0.15) is 0 Å². The third kappa shape index (κ3) is 4.99. The Morgan fingerprint density at radius 2 is 1.90 bits per heavy atom. The third-order valence-electron chi connectivity index (χ3n) is 2.73. The Morgan fingerprint density at radius 3 is 2.50 bits per heavy atom. The standard InChI is InChI=1S/C14H21N3O3/c1-14(2,9-18)17-13(20)12(19)16-8-11-5-3-4-10(6-11)7-15/h3-6,18H,7-9,15H2,1-2H3,(H,16,19)(H,17,20).